The van der Waals surface area contributed by atoms with E-state index in [2.05, 4.69) is 10.1 Å². The van der Waals surface area contributed by atoms with Gasteiger partial charge in [-0.25, -0.2) is 4.79 Å². The molecule has 1 N–H and O–H groups in total. The van der Waals surface area contributed by atoms with E-state index in [1.807, 2.05) is 0 Å². The predicted molar refractivity (Wildman–Crippen MR) is 71.7 cm³/mol. The standard InChI is InChI=1S/C15H18F3NO2/c16-15(17,18)13(11-7-3-1-4-8-11)21-14(20)19-12-9-5-2-6-10-12/h1,3-4,7-8,12-13H,2,5-6,9-10H2,(H,19,20). The summed E-state index contributed by atoms with van der Waals surface area (Å²) in [5.41, 5.74) is -0.0798. The summed E-state index contributed by atoms with van der Waals surface area (Å²) in [7, 11) is 0. The number of alkyl halides is 3. The fourth-order valence-corrected chi connectivity index (χ4v) is 2.51. The summed E-state index contributed by atoms with van der Waals surface area (Å²) in [6.45, 7) is 0. The van der Waals surface area contributed by atoms with Crippen LogP contribution in [0.5, 0.6) is 0 Å². The summed E-state index contributed by atoms with van der Waals surface area (Å²) in [6.07, 6.45) is -3.24. The Morgan fingerprint density at radius 1 is 1.14 bits per heavy atom. The van der Waals surface area contributed by atoms with Crippen molar-refractivity contribution in [1.82, 2.24) is 5.32 Å². The van der Waals surface area contributed by atoms with E-state index in [4.69, 9.17) is 0 Å². The highest BCUT2D eigenvalue weighted by molar-refractivity contribution is 5.68. The number of rotatable bonds is 3. The van der Waals surface area contributed by atoms with Gasteiger partial charge in [0, 0.05) is 11.6 Å². The number of amides is 1. The van der Waals surface area contributed by atoms with Gasteiger partial charge in [0.15, 0.2) is 0 Å². The first kappa shape index (κ1) is 15.7. The minimum atomic E-state index is -4.63. The first-order valence-electron chi connectivity index (χ1n) is 7.05. The predicted octanol–water partition coefficient (Wildman–Crippen LogP) is 4.35. The molecule has 0 saturated heterocycles. The largest absolute Gasteiger partial charge is 0.432 e. The molecule has 1 atom stereocenters. The monoisotopic (exact) mass is 301 g/mol. The van der Waals surface area contributed by atoms with E-state index in [0.29, 0.717) is 0 Å². The summed E-state index contributed by atoms with van der Waals surface area (Å²) >= 11 is 0. The fourth-order valence-electron chi connectivity index (χ4n) is 2.51. The van der Waals surface area contributed by atoms with Crippen molar-refractivity contribution in [1.29, 1.82) is 0 Å². The molecule has 1 aliphatic carbocycles. The lowest BCUT2D eigenvalue weighted by molar-refractivity contribution is -0.206. The van der Waals surface area contributed by atoms with Gasteiger partial charge in [-0.3, -0.25) is 0 Å². The van der Waals surface area contributed by atoms with E-state index in [1.54, 1.807) is 6.07 Å². The molecule has 21 heavy (non-hydrogen) atoms. The van der Waals surface area contributed by atoms with Gasteiger partial charge >= 0.3 is 12.3 Å². The van der Waals surface area contributed by atoms with Gasteiger partial charge in [0.2, 0.25) is 6.10 Å². The zero-order chi connectivity index (χ0) is 15.3. The van der Waals surface area contributed by atoms with Crippen LogP contribution < -0.4 is 5.32 Å². The number of carbonyl (C=O) groups excluding carboxylic acids is 1. The normalized spacial score (nSPS) is 18.0. The maximum absolute atomic E-state index is 13.0. The number of halogens is 3. The van der Waals surface area contributed by atoms with Gasteiger partial charge in [-0.15, -0.1) is 0 Å². The minimum Gasteiger partial charge on any atom is -0.432 e. The van der Waals surface area contributed by atoms with Crippen LogP contribution in [-0.4, -0.2) is 18.3 Å². The third kappa shape index (κ3) is 4.65. The molecule has 1 aromatic carbocycles. The molecule has 1 aliphatic rings. The molecular weight excluding hydrogens is 283 g/mol. The Balaban J connectivity index is 2.00. The van der Waals surface area contributed by atoms with Gasteiger partial charge in [0.05, 0.1) is 0 Å². The molecule has 1 aromatic rings. The summed E-state index contributed by atoms with van der Waals surface area (Å²) in [4.78, 5) is 11.7. The Kier molecular flexibility index (Phi) is 5.09. The van der Waals surface area contributed by atoms with E-state index in [9.17, 15) is 18.0 Å². The maximum atomic E-state index is 13.0. The average molecular weight is 301 g/mol. The fraction of sp³-hybridized carbons (Fsp3) is 0.533. The molecule has 1 fully saturated rings. The van der Waals surface area contributed by atoms with Gasteiger partial charge < -0.3 is 10.1 Å². The highest BCUT2D eigenvalue weighted by Crippen LogP contribution is 2.35. The lowest BCUT2D eigenvalue weighted by Gasteiger charge is -2.25. The zero-order valence-corrected chi connectivity index (χ0v) is 11.5. The number of hydrogen-bond acceptors (Lipinski definition) is 2. The third-order valence-corrected chi connectivity index (χ3v) is 3.55. The van der Waals surface area contributed by atoms with Crippen LogP contribution in [0.2, 0.25) is 0 Å². The van der Waals surface area contributed by atoms with Gasteiger partial charge in [-0.2, -0.15) is 13.2 Å². The lowest BCUT2D eigenvalue weighted by Crippen LogP contribution is -2.39. The van der Waals surface area contributed by atoms with Gasteiger partial charge in [-0.1, -0.05) is 49.6 Å². The topological polar surface area (TPSA) is 38.3 Å². The van der Waals surface area contributed by atoms with E-state index >= 15 is 0 Å². The van der Waals surface area contributed by atoms with Crippen molar-refractivity contribution >= 4 is 6.09 Å². The molecule has 1 amide bonds. The lowest BCUT2D eigenvalue weighted by atomic mass is 9.96. The van der Waals surface area contributed by atoms with Crippen molar-refractivity contribution in [3.05, 3.63) is 35.9 Å². The van der Waals surface area contributed by atoms with Crippen LogP contribution >= 0.6 is 0 Å². The Morgan fingerprint density at radius 2 is 1.76 bits per heavy atom. The minimum absolute atomic E-state index is 0.0798. The summed E-state index contributed by atoms with van der Waals surface area (Å²) in [5.74, 6) is 0. The summed E-state index contributed by atoms with van der Waals surface area (Å²) in [5, 5.41) is 2.53. The second-order valence-corrected chi connectivity index (χ2v) is 5.22. The van der Waals surface area contributed by atoms with Gasteiger partial charge in [-0.05, 0) is 12.8 Å². The second kappa shape index (κ2) is 6.83. The molecule has 0 aromatic heterocycles. The smallest absolute Gasteiger partial charge is 0.429 e. The number of benzene rings is 1. The van der Waals surface area contributed by atoms with Crippen molar-refractivity contribution in [2.75, 3.05) is 0 Å². The number of nitrogens with one attached hydrogen (secondary N) is 1. The molecule has 3 nitrogen and oxygen atoms in total. The SMILES string of the molecule is O=C(NC1CCCCC1)OC(c1ccccc1)C(F)(F)F. The Bertz CT molecular complexity index is 456. The van der Waals surface area contributed by atoms with Crippen LogP contribution in [0.4, 0.5) is 18.0 Å². The number of hydrogen-bond donors (Lipinski definition) is 1. The quantitative estimate of drug-likeness (QED) is 0.901. The molecule has 0 spiro atoms. The van der Waals surface area contributed by atoms with Crippen molar-refractivity contribution in [2.45, 2.75) is 50.4 Å². The zero-order valence-electron chi connectivity index (χ0n) is 11.5. The van der Waals surface area contributed by atoms with E-state index < -0.39 is 18.4 Å². The molecule has 6 heteroatoms. The number of carbonyl (C=O) groups is 1. The van der Waals surface area contributed by atoms with E-state index in [1.165, 1.54) is 24.3 Å². The first-order chi connectivity index (χ1) is 9.97. The highest BCUT2D eigenvalue weighted by atomic mass is 19.4. The van der Waals surface area contributed by atoms with Crippen molar-refractivity contribution in [2.24, 2.45) is 0 Å². The Hall–Kier alpha value is -1.72. The van der Waals surface area contributed by atoms with Crippen LogP contribution in [0, 0.1) is 0 Å². The maximum Gasteiger partial charge on any atom is 0.429 e. The van der Waals surface area contributed by atoms with Gasteiger partial charge in [0.25, 0.3) is 0 Å². The average Bonchev–Trinajstić information content (AvgIpc) is 2.45. The molecule has 0 bridgehead atoms. The number of alkyl carbamates (subject to hydrolysis) is 1. The Labute approximate surface area is 121 Å². The van der Waals surface area contributed by atoms with Crippen LogP contribution in [-0.2, 0) is 4.74 Å². The van der Waals surface area contributed by atoms with Gasteiger partial charge in [0.1, 0.15) is 0 Å². The number of ether oxygens (including phenoxy) is 1. The molecule has 0 aliphatic heterocycles. The molecule has 0 heterocycles. The molecule has 1 unspecified atom stereocenters. The molecule has 116 valence electrons. The molecule has 1 saturated carbocycles. The molecular formula is C15H18F3NO2. The summed E-state index contributed by atoms with van der Waals surface area (Å²) < 4.78 is 43.7. The molecule has 0 radical (unpaired) electrons. The van der Waals surface area contributed by atoms with Crippen LogP contribution in [0.3, 0.4) is 0 Å². The molecule has 2 rings (SSSR count). The van der Waals surface area contributed by atoms with E-state index in [0.717, 1.165) is 32.1 Å². The van der Waals surface area contributed by atoms with Crippen molar-refractivity contribution in [3.63, 3.8) is 0 Å². The highest BCUT2D eigenvalue weighted by Gasteiger charge is 2.44. The Morgan fingerprint density at radius 3 is 2.33 bits per heavy atom. The van der Waals surface area contributed by atoms with Crippen LogP contribution in [0.1, 0.15) is 43.8 Å². The van der Waals surface area contributed by atoms with Crippen molar-refractivity contribution in [3.8, 4) is 0 Å². The van der Waals surface area contributed by atoms with Crippen LogP contribution in [0.15, 0.2) is 30.3 Å². The van der Waals surface area contributed by atoms with Crippen LogP contribution in [0.25, 0.3) is 0 Å². The third-order valence-electron chi connectivity index (χ3n) is 3.55. The second-order valence-electron chi connectivity index (χ2n) is 5.22. The summed E-state index contributed by atoms with van der Waals surface area (Å²) in [6, 6.07) is 7.08. The van der Waals surface area contributed by atoms with Crippen molar-refractivity contribution < 1.29 is 22.7 Å². The first-order valence-corrected chi connectivity index (χ1v) is 7.05. The van der Waals surface area contributed by atoms with E-state index in [-0.39, 0.29) is 11.6 Å².